The third-order valence-electron chi connectivity index (χ3n) is 3.89. The summed E-state index contributed by atoms with van der Waals surface area (Å²) in [6, 6.07) is 10.0. The van der Waals surface area contributed by atoms with Gasteiger partial charge < -0.3 is 14.7 Å². The molecule has 1 fully saturated rings. The lowest BCUT2D eigenvalue weighted by Crippen LogP contribution is -2.46. The molecule has 2 heterocycles. The lowest BCUT2D eigenvalue weighted by Gasteiger charge is -2.33. The summed E-state index contributed by atoms with van der Waals surface area (Å²) in [5.41, 5.74) is 2.10. The average molecular weight is 272 g/mol. The number of likely N-dealkylation sites (N-methyl/N-ethyl adjacent to an activating group) is 1. The Morgan fingerprint density at radius 2 is 2.25 bits per heavy atom. The fourth-order valence-electron chi connectivity index (χ4n) is 2.73. The molecule has 0 aliphatic carbocycles. The molecule has 0 amide bonds. The number of hydrogen-bond acceptors (Lipinski definition) is 4. The van der Waals surface area contributed by atoms with Crippen molar-refractivity contribution in [3.8, 4) is 0 Å². The molecular weight excluding hydrogens is 252 g/mol. The van der Waals surface area contributed by atoms with Crippen LogP contribution < -0.4 is 0 Å². The molecule has 4 heteroatoms. The number of benzene rings is 1. The Kier molecular flexibility index (Phi) is 3.96. The van der Waals surface area contributed by atoms with Crippen LogP contribution in [0.25, 0.3) is 10.9 Å². The number of morpholine rings is 1. The van der Waals surface area contributed by atoms with Crippen molar-refractivity contribution in [2.24, 2.45) is 0 Å². The van der Waals surface area contributed by atoms with Gasteiger partial charge in [-0.15, -0.1) is 0 Å². The van der Waals surface area contributed by atoms with Gasteiger partial charge in [-0.1, -0.05) is 18.2 Å². The van der Waals surface area contributed by atoms with E-state index in [4.69, 9.17) is 4.74 Å². The van der Waals surface area contributed by atoms with Crippen molar-refractivity contribution in [3.63, 3.8) is 0 Å². The summed E-state index contributed by atoms with van der Waals surface area (Å²) in [5.74, 6) is 0. The molecule has 20 heavy (non-hydrogen) atoms. The van der Waals surface area contributed by atoms with Gasteiger partial charge >= 0.3 is 0 Å². The highest BCUT2D eigenvalue weighted by atomic mass is 16.5. The van der Waals surface area contributed by atoms with Crippen LogP contribution in [0.3, 0.4) is 0 Å². The van der Waals surface area contributed by atoms with Crippen LogP contribution in [-0.2, 0) is 11.2 Å². The first-order valence-electron chi connectivity index (χ1n) is 7.05. The zero-order valence-corrected chi connectivity index (χ0v) is 11.7. The Morgan fingerprint density at radius 1 is 1.40 bits per heavy atom. The molecule has 2 unspecified atom stereocenters. The maximum atomic E-state index is 10.4. The van der Waals surface area contributed by atoms with E-state index in [9.17, 15) is 5.11 Å². The van der Waals surface area contributed by atoms with Gasteiger partial charge in [-0.25, -0.2) is 0 Å². The second-order valence-electron chi connectivity index (χ2n) is 5.43. The minimum atomic E-state index is -0.483. The molecule has 1 N–H and O–H groups in total. The molecule has 0 saturated carbocycles. The summed E-state index contributed by atoms with van der Waals surface area (Å²) in [5, 5.41) is 11.5. The summed E-state index contributed by atoms with van der Waals surface area (Å²) >= 11 is 0. The molecule has 0 radical (unpaired) electrons. The van der Waals surface area contributed by atoms with Crippen LogP contribution in [0.1, 0.15) is 5.56 Å². The first-order chi connectivity index (χ1) is 9.74. The van der Waals surface area contributed by atoms with Crippen molar-refractivity contribution in [3.05, 3.63) is 42.1 Å². The minimum Gasteiger partial charge on any atom is -0.390 e. The second-order valence-corrected chi connectivity index (χ2v) is 5.43. The average Bonchev–Trinajstić information content (AvgIpc) is 2.47. The zero-order valence-electron chi connectivity index (χ0n) is 11.7. The second kappa shape index (κ2) is 5.87. The Bertz CT molecular complexity index is 582. The molecule has 4 nitrogen and oxygen atoms in total. The topological polar surface area (TPSA) is 45.6 Å². The van der Waals surface area contributed by atoms with Gasteiger partial charge in [0.2, 0.25) is 0 Å². The van der Waals surface area contributed by atoms with Crippen LogP contribution >= 0.6 is 0 Å². The summed E-state index contributed by atoms with van der Waals surface area (Å²) in [7, 11) is 2.06. The molecule has 1 aromatic carbocycles. The van der Waals surface area contributed by atoms with Crippen LogP contribution in [0.4, 0.5) is 0 Å². The van der Waals surface area contributed by atoms with Crippen molar-refractivity contribution in [2.75, 3.05) is 26.7 Å². The van der Waals surface area contributed by atoms with Crippen molar-refractivity contribution in [1.29, 1.82) is 0 Å². The third kappa shape index (κ3) is 2.82. The van der Waals surface area contributed by atoms with Crippen molar-refractivity contribution in [1.82, 2.24) is 9.88 Å². The Hall–Kier alpha value is -1.49. The number of rotatable bonds is 3. The largest absolute Gasteiger partial charge is 0.390 e. The minimum absolute atomic E-state index is 0.110. The maximum Gasteiger partial charge on any atom is 0.0964 e. The van der Waals surface area contributed by atoms with E-state index >= 15 is 0 Å². The van der Waals surface area contributed by atoms with Crippen LogP contribution in [0.5, 0.6) is 0 Å². The van der Waals surface area contributed by atoms with Crippen LogP contribution in [0.2, 0.25) is 0 Å². The van der Waals surface area contributed by atoms with Crippen LogP contribution in [-0.4, -0.2) is 53.9 Å². The van der Waals surface area contributed by atoms with Crippen molar-refractivity contribution in [2.45, 2.75) is 18.6 Å². The third-order valence-corrected chi connectivity index (χ3v) is 3.89. The normalized spacial score (nSPS) is 22.0. The predicted molar refractivity (Wildman–Crippen MR) is 78.7 cm³/mol. The van der Waals surface area contributed by atoms with E-state index in [0.29, 0.717) is 13.0 Å². The molecule has 0 bridgehead atoms. The fourth-order valence-corrected chi connectivity index (χ4v) is 2.73. The predicted octanol–water partition coefficient (Wildman–Crippen LogP) is 1.47. The first-order valence-corrected chi connectivity index (χ1v) is 7.05. The first kappa shape index (κ1) is 13.5. The summed E-state index contributed by atoms with van der Waals surface area (Å²) in [4.78, 5) is 6.55. The molecule has 106 valence electrons. The molecule has 1 aromatic heterocycles. The summed E-state index contributed by atoms with van der Waals surface area (Å²) in [6.45, 7) is 2.40. The van der Waals surface area contributed by atoms with E-state index in [1.54, 1.807) is 6.20 Å². The summed E-state index contributed by atoms with van der Waals surface area (Å²) < 4.78 is 5.69. The van der Waals surface area contributed by atoms with Crippen LogP contribution in [0, 0.1) is 0 Å². The van der Waals surface area contributed by atoms with E-state index < -0.39 is 6.10 Å². The monoisotopic (exact) mass is 272 g/mol. The summed E-state index contributed by atoms with van der Waals surface area (Å²) in [6.07, 6.45) is 1.81. The van der Waals surface area contributed by atoms with Gasteiger partial charge in [-0.05, 0) is 24.7 Å². The van der Waals surface area contributed by atoms with E-state index in [2.05, 4.69) is 23.0 Å². The van der Waals surface area contributed by atoms with E-state index in [1.165, 1.54) is 0 Å². The highest BCUT2D eigenvalue weighted by molar-refractivity contribution is 5.81. The van der Waals surface area contributed by atoms with E-state index in [0.717, 1.165) is 29.6 Å². The number of nitrogens with zero attached hydrogens (tertiary/aromatic N) is 2. The van der Waals surface area contributed by atoms with Crippen molar-refractivity contribution < 1.29 is 9.84 Å². The number of fused-ring (bicyclic) bond motifs is 1. The quantitative estimate of drug-likeness (QED) is 0.919. The smallest absolute Gasteiger partial charge is 0.0964 e. The zero-order chi connectivity index (χ0) is 13.9. The number of pyridine rings is 1. The lowest BCUT2D eigenvalue weighted by atomic mass is 10.00. The molecule has 1 saturated heterocycles. The Labute approximate surface area is 119 Å². The number of aliphatic hydroxyl groups is 1. The number of ether oxygens (including phenoxy) is 1. The number of hydrogen-bond donors (Lipinski definition) is 1. The van der Waals surface area contributed by atoms with E-state index in [1.807, 2.05) is 24.3 Å². The van der Waals surface area contributed by atoms with Gasteiger partial charge in [0.05, 0.1) is 24.3 Å². The number of aromatic nitrogens is 1. The fraction of sp³-hybridized carbons (Fsp3) is 0.438. The molecule has 3 rings (SSSR count). The Balaban J connectivity index is 1.78. The van der Waals surface area contributed by atoms with Gasteiger partial charge in [0, 0.05) is 31.1 Å². The highest BCUT2D eigenvalue weighted by Crippen LogP contribution is 2.20. The highest BCUT2D eigenvalue weighted by Gasteiger charge is 2.25. The van der Waals surface area contributed by atoms with Gasteiger partial charge in [0.15, 0.2) is 0 Å². The van der Waals surface area contributed by atoms with E-state index in [-0.39, 0.29) is 6.10 Å². The molecule has 2 atom stereocenters. The number of aliphatic hydroxyl groups excluding tert-OH is 1. The van der Waals surface area contributed by atoms with Gasteiger partial charge in [0.25, 0.3) is 0 Å². The molecule has 0 spiro atoms. The number of para-hydroxylation sites is 1. The van der Waals surface area contributed by atoms with Crippen molar-refractivity contribution >= 4 is 10.9 Å². The van der Waals surface area contributed by atoms with Gasteiger partial charge in [0.1, 0.15) is 0 Å². The van der Waals surface area contributed by atoms with Gasteiger partial charge in [-0.2, -0.15) is 0 Å². The molecular formula is C16H20N2O2. The molecule has 1 aliphatic rings. The van der Waals surface area contributed by atoms with Gasteiger partial charge in [-0.3, -0.25) is 4.98 Å². The molecule has 1 aliphatic heterocycles. The van der Waals surface area contributed by atoms with Crippen LogP contribution in [0.15, 0.2) is 36.5 Å². The maximum absolute atomic E-state index is 10.4. The lowest BCUT2D eigenvalue weighted by molar-refractivity contribution is -0.0822. The Morgan fingerprint density at radius 3 is 3.10 bits per heavy atom. The SMILES string of the molecule is CN1CCOC(C(O)Cc2ccnc3ccccc23)C1. The molecule has 2 aromatic rings. The standard InChI is InChI=1S/C16H20N2O2/c1-18-8-9-20-16(11-18)15(19)10-12-6-7-17-14-5-3-2-4-13(12)14/h2-7,15-16,19H,8-11H2,1H3.